The Morgan fingerprint density at radius 3 is 2.55 bits per heavy atom. The number of anilines is 1. The molecule has 1 N–H and O–H groups in total. The van der Waals surface area contributed by atoms with Gasteiger partial charge >= 0.3 is 12.1 Å². The third-order valence-electron chi connectivity index (χ3n) is 7.52. The second-order valence-electron chi connectivity index (χ2n) is 10.2. The number of nitrogens with one attached hydrogen (secondary N) is 1. The van der Waals surface area contributed by atoms with Crippen LogP contribution in [0.25, 0.3) is 0 Å². The first-order valence-corrected chi connectivity index (χ1v) is 13.5. The Balaban J connectivity index is 1.42. The molecule has 0 spiro atoms. The summed E-state index contributed by atoms with van der Waals surface area (Å²) >= 11 is 0. The number of hydrogen-bond acceptors (Lipinski definition) is 5. The number of esters is 1. The SMILES string of the molecule is CCc1cc(C(=O)OCc2ccccc2)ccc1NC(=O)Oc1cccc(C2(CC)CCCCN(C)C2)c1. The number of carbonyl (C=O) groups is 2. The molecule has 1 fully saturated rings. The van der Waals surface area contributed by atoms with Crippen molar-refractivity contribution in [3.05, 3.63) is 95.1 Å². The van der Waals surface area contributed by atoms with Gasteiger partial charge in [0, 0.05) is 17.6 Å². The molecule has 6 nitrogen and oxygen atoms in total. The summed E-state index contributed by atoms with van der Waals surface area (Å²) in [7, 11) is 2.18. The van der Waals surface area contributed by atoms with Crippen LogP contribution < -0.4 is 10.1 Å². The van der Waals surface area contributed by atoms with E-state index in [1.54, 1.807) is 18.2 Å². The number of ether oxygens (including phenoxy) is 2. The van der Waals surface area contributed by atoms with E-state index < -0.39 is 12.1 Å². The van der Waals surface area contributed by atoms with Gasteiger partial charge in [0.1, 0.15) is 12.4 Å². The zero-order valence-corrected chi connectivity index (χ0v) is 22.7. The Morgan fingerprint density at radius 2 is 1.79 bits per heavy atom. The van der Waals surface area contributed by atoms with Crippen molar-refractivity contribution in [1.29, 1.82) is 0 Å². The number of nitrogens with zero attached hydrogens (tertiary/aromatic N) is 1. The van der Waals surface area contributed by atoms with Crippen LogP contribution in [0, 0.1) is 0 Å². The molecule has 0 saturated carbocycles. The molecule has 3 aromatic rings. The topological polar surface area (TPSA) is 67.9 Å². The van der Waals surface area contributed by atoms with Crippen molar-refractivity contribution >= 4 is 17.7 Å². The summed E-state index contributed by atoms with van der Waals surface area (Å²) in [5.41, 5.74) is 4.09. The lowest BCUT2D eigenvalue weighted by Gasteiger charge is -2.35. The van der Waals surface area contributed by atoms with E-state index in [1.165, 1.54) is 18.4 Å². The predicted molar refractivity (Wildman–Crippen MR) is 151 cm³/mol. The normalized spacial score (nSPS) is 17.9. The summed E-state index contributed by atoms with van der Waals surface area (Å²) in [6, 6.07) is 22.7. The molecule has 3 aromatic carbocycles. The molecule has 6 heteroatoms. The monoisotopic (exact) mass is 514 g/mol. The molecule has 0 aromatic heterocycles. The molecule has 1 amide bonds. The number of benzene rings is 3. The fraction of sp³-hybridized carbons (Fsp3) is 0.375. The highest BCUT2D eigenvalue weighted by Crippen LogP contribution is 2.37. The molecule has 1 unspecified atom stereocenters. The van der Waals surface area contributed by atoms with Gasteiger partial charge in [0.05, 0.1) is 5.56 Å². The van der Waals surface area contributed by atoms with E-state index in [0.717, 1.165) is 37.1 Å². The van der Waals surface area contributed by atoms with Crippen LogP contribution in [0.2, 0.25) is 0 Å². The van der Waals surface area contributed by atoms with Gasteiger partial charge in [0.25, 0.3) is 0 Å². The first-order chi connectivity index (χ1) is 18.4. The maximum Gasteiger partial charge on any atom is 0.417 e. The molecule has 1 aliphatic heterocycles. The highest BCUT2D eigenvalue weighted by Gasteiger charge is 2.33. The second-order valence-corrected chi connectivity index (χ2v) is 10.2. The first-order valence-electron chi connectivity index (χ1n) is 13.5. The van der Waals surface area contributed by atoms with Crippen molar-refractivity contribution < 1.29 is 19.1 Å². The van der Waals surface area contributed by atoms with Crippen LogP contribution in [0.1, 0.15) is 66.6 Å². The number of aryl methyl sites for hydroxylation is 1. The molecule has 0 aliphatic carbocycles. The Morgan fingerprint density at radius 1 is 0.974 bits per heavy atom. The van der Waals surface area contributed by atoms with Crippen LogP contribution in [0.4, 0.5) is 10.5 Å². The van der Waals surface area contributed by atoms with Crippen molar-refractivity contribution in [1.82, 2.24) is 4.90 Å². The van der Waals surface area contributed by atoms with Crippen molar-refractivity contribution in [2.45, 2.75) is 58.0 Å². The van der Waals surface area contributed by atoms with Crippen molar-refractivity contribution in [3.8, 4) is 5.75 Å². The Labute approximate surface area is 226 Å². The molecular formula is C32H38N2O4. The number of likely N-dealkylation sites (N-methyl/N-ethyl adjacent to an activating group) is 1. The van der Waals surface area contributed by atoms with Crippen LogP contribution in [-0.2, 0) is 23.2 Å². The third kappa shape index (κ3) is 6.81. The molecule has 1 atom stereocenters. The van der Waals surface area contributed by atoms with E-state index in [4.69, 9.17) is 9.47 Å². The van der Waals surface area contributed by atoms with E-state index in [0.29, 0.717) is 23.4 Å². The molecule has 0 radical (unpaired) electrons. The standard InChI is InChI=1S/C32H38N2O4/c1-4-25-20-26(30(35)37-22-24-12-7-6-8-13-24)16-17-29(25)33-31(36)38-28-15-11-14-27(21-28)32(5-2)18-9-10-19-34(3)23-32/h6-8,11-17,20-21H,4-5,9-10,18-19,22-23H2,1-3H3,(H,33,36). The average Bonchev–Trinajstić information content (AvgIpc) is 3.14. The largest absolute Gasteiger partial charge is 0.457 e. The summed E-state index contributed by atoms with van der Waals surface area (Å²) in [5, 5.41) is 2.85. The van der Waals surface area contributed by atoms with Gasteiger partial charge in [-0.1, -0.05) is 62.7 Å². The molecule has 200 valence electrons. The minimum absolute atomic E-state index is 0.0570. The number of carbonyl (C=O) groups excluding carboxylic acids is 2. The van der Waals surface area contributed by atoms with Crippen molar-refractivity contribution in [2.24, 2.45) is 0 Å². The van der Waals surface area contributed by atoms with Crippen LogP contribution >= 0.6 is 0 Å². The first kappa shape index (κ1) is 27.4. The lowest BCUT2D eigenvalue weighted by molar-refractivity contribution is 0.0472. The predicted octanol–water partition coefficient (Wildman–Crippen LogP) is 6.98. The maximum absolute atomic E-state index is 12.8. The lowest BCUT2D eigenvalue weighted by Crippen LogP contribution is -2.37. The molecule has 38 heavy (non-hydrogen) atoms. The van der Waals surface area contributed by atoms with E-state index in [2.05, 4.69) is 30.3 Å². The number of hydrogen-bond donors (Lipinski definition) is 1. The van der Waals surface area contributed by atoms with Crippen LogP contribution in [0.15, 0.2) is 72.8 Å². The van der Waals surface area contributed by atoms with Gasteiger partial charge in [0.2, 0.25) is 0 Å². The van der Waals surface area contributed by atoms with Gasteiger partial charge in [-0.05, 0) is 86.3 Å². The maximum atomic E-state index is 12.8. The number of rotatable bonds is 8. The summed E-state index contributed by atoms with van der Waals surface area (Å²) in [5.74, 6) is 0.127. The zero-order chi connectivity index (χ0) is 27.0. The summed E-state index contributed by atoms with van der Waals surface area (Å²) in [6.45, 7) is 6.54. The van der Waals surface area contributed by atoms with Gasteiger partial charge in [0.15, 0.2) is 0 Å². The molecular weight excluding hydrogens is 476 g/mol. The van der Waals surface area contributed by atoms with E-state index in [1.807, 2.05) is 55.5 Å². The van der Waals surface area contributed by atoms with Crippen LogP contribution in [-0.4, -0.2) is 37.1 Å². The van der Waals surface area contributed by atoms with Gasteiger partial charge in [-0.15, -0.1) is 0 Å². The van der Waals surface area contributed by atoms with Gasteiger partial charge in [-0.3, -0.25) is 5.32 Å². The zero-order valence-electron chi connectivity index (χ0n) is 22.7. The lowest BCUT2D eigenvalue weighted by atomic mass is 9.74. The summed E-state index contributed by atoms with van der Waals surface area (Å²) in [4.78, 5) is 27.8. The van der Waals surface area contributed by atoms with Crippen molar-refractivity contribution in [3.63, 3.8) is 0 Å². The minimum Gasteiger partial charge on any atom is -0.457 e. The average molecular weight is 515 g/mol. The second kappa shape index (κ2) is 12.7. The number of amides is 1. The molecule has 1 aliphatic rings. The highest BCUT2D eigenvalue weighted by atomic mass is 16.6. The summed E-state index contributed by atoms with van der Waals surface area (Å²) < 4.78 is 11.2. The van der Waals surface area contributed by atoms with Gasteiger partial charge < -0.3 is 14.4 Å². The van der Waals surface area contributed by atoms with Crippen LogP contribution in [0.3, 0.4) is 0 Å². The van der Waals surface area contributed by atoms with E-state index in [-0.39, 0.29) is 12.0 Å². The molecule has 1 heterocycles. The minimum atomic E-state index is -0.556. The molecule has 0 bridgehead atoms. The Bertz CT molecular complexity index is 1240. The Hall–Kier alpha value is -3.64. The third-order valence-corrected chi connectivity index (χ3v) is 7.52. The number of likely N-dealkylation sites (tertiary alicyclic amines) is 1. The van der Waals surface area contributed by atoms with E-state index >= 15 is 0 Å². The van der Waals surface area contributed by atoms with Crippen LogP contribution in [0.5, 0.6) is 5.75 Å². The molecule has 4 rings (SSSR count). The van der Waals surface area contributed by atoms with Gasteiger partial charge in [-0.25, -0.2) is 9.59 Å². The molecule has 1 saturated heterocycles. The van der Waals surface area contributed by atoms with E-state index in [9.17, 15) is 9.59 Å². The fourth-order valence-corrected chi connectivity index (χ4v) is 5.32. The van der Waals surface area contributed by atoms with Crippen molar-refractivity contribution in [2.75, 3.05) is 25.5 Å². The Kier molecular flexibility index (Phi) is 9.19. The highest BCUT2D eigenvalue weighted by molar-refractivity contribution is 5.92. The summed E-state index contributed by atoms with van der Waals surface area (Å²) in [6.07, 6.45) is 4.65. The fourth-order valence-electron chi connectivity index (χ4n) is 5.32. The van der Waals surface area contributed by atoms with Gasteiger partial charge in [-0.2, -0.15) is 0 Å². The smallest absolute Gasteiger partial charge is 0.417 e. The quantitative estimate of drug-likeness (QED) is 0.329.